The molecule has 1 aromatic rings. The quantitative estimate of drug-likeness (QED) is 0.892. The SMILES string of the molecule is COCCn1nc(C(=O)NC2CC3CCC2(C)C3(C)C)ccc1=O. The summed E-state index contributed by atoms with van der Waals surface area (Å²) >= 11 is 0. The zero-order valence-corrected chi connectivity index (χ0v) is 15.0. The molecule has 1 amide bonds. The number of aromatic nitrogens is 2. The van der Waals surface area contributed by atoms with E-state index in [1.807, 2.05) is 0 Å². The number of carbonyl (C=O) groups is 1. The molecule has 2 fully saturated rings. The zero-order chi connectivity index (χ0) is 17.5. The highest BCUT2D eigenvalue weighted by Crippen LogP contribution is 2.65. The largest absolute Gasteiger partial charge is 0.383 e. The first kappa shape index (κ1) is 17.1. The average molecular weight is 333 g/mol. The predicted molar refractivity (Wildman–Crippen MR) is 90.9 cm³/mol. The summed E-state index contributed by atoms with van der Waals surface area (Å²) in [6.45, 7) is 7.65. The van der Waals surface area contributed by atoms with Crippen molar-refractivity contribution in [3.63, 3.8) is 0 Å². The molecular weight excluding hydrogens is 306 g/mol. The van der Waals surface area contributed by atoms with Crippen LogP contribution in [0.3, 0.4) is 0 Å². The molecule has 3 rings (SSSR count). The van der Waals surface area contributed by atoms with Crippen LogP contribution in [0.2, 0.25) is 0 Å². The maximum atomic E-state index is 12.6. The first-order chi connectivity index (χ1) is 11.3. The molecule has 0 aromatic carbocycles. The lowest BCUT2D eigenvalue weighted by Crippen LogP contribution is -2.47. The van der Waals surface area contributed by atoms with E-state index in [4.69, 9.17) is 4.74 Å². The topological polar surface area (TPSA) is 73.2 Å². The number of nitrogens with one attached hydrogen (secondary N) is 1. The molecule has 0 saturated heterocycles. The van der Waals surface area contributed by atoms with Gasteiger partial charge in [0, 0.05) is 19.2 Å². The fourth-order valence-corrected chi connectivity index (χ4v) is 4.56. The van der Waals surface area contributed by atoms with Crippen LogP contribution in [-0.2, 0) is 11.3 Å². The average Bonchev–Trinajstić information content (AvgIpc) is 2.87. The van der Waals surface area contributed by atoms with Crippen molar-refractivity contribution in [3.8, 4) is 0 Å². The second-order valence-corrected chi connectivity index (χ2v) is 7.91. The summed E-state index contributed by atoms with van der Waals surface area (Å²) in [4.78, 5) is 24.4. The smallest absolute Gasteiger partial charge is 0.271 e. The molecule has 24 heavy (non-hydrogen) atoms. The molecule has 1 aromatic heterocycles. The molecule has 0 spiro atoms. The van der Waals surface area contributed by atoms with E-state index in [-0.39, 0.29) is 34.0 Å². The number of fused-ring (bicyclic) bond motifs is 2. The Bertz CT molecular complexity index is 697. The Labute approximate surface area is 142 Å². The maximum Gasteiger partial charge on any atom is 0.271 e. The van der Waals surface area contributed by atoms with Crippen LogP contribution < -0.4 is 10.9 Å². The van der Waals surface area contributed by atoms with E-state index < -0.39 is 0 Å². The van der Waals surface area contributed by atoms with Crippen molar-refractivity contribution in [2.24, 2.45) is 16.7 Å². The highest BCUT2D eigenvalue weighted by molar-refractivity contribution is 5.92. The van der Waals surface area contributed by atoms with Crippen LogP contribution in [0.4, 0.5) is 0 Å². The fraction of sp³-hybridized carbons (Fsp3) is 0.722. The number of hydrogen-bond acceptors (Lipinski definition) is 4. The highest BCUT2D eigenvalue weighted by Gasteiger charge is 2.61. The van der Waals surface area contributed by atoms with Gasteiger partial charge in [-0.05, 0) is 42.1 Å². The summed E-state index contributed by atoms with van der Waals surface area (Å²) in [6.07, 6.45) is 3.42. The Kier molecular flexibility index (Phi) is 4.28. The maximum absolute atomic E-state index is 12.6. The molecule has 6 heteroatoms. The molecule has 1 N–H and O–H groups in total. The first-order valence-electron chi connectivity index (χ1n) is 8.67. The number of carbonyl (C=O) groups excluding carboxylic acids is 1. The number of nitrogens with zero attached hydrogens (tertiary/aromatic N) is 2. The molecule has 3 unspecified atom stereocenters. The second kappa shape index (κ2) is 5.99. The van der Waals surface area contributed by atoms with Gasteiger partial charge in [0.15, 0.2) is 0 Å². The van der Waals surface area contributed by atoms with Gasteiger partial charge in [0.2, 0.25) is 0 Å². The van der Waals surface area contributed by atoms with E-state index in [9.17, 15) is 9.59 Å². The Hall–Kier alpha value is -1.69. The zero-order valence-electron chi connectivity index (χ0n) is 15.0. The Balaban J connectivity index is 1.76. The van der Waals surface area contributed by atoms with Gasteiger partial charge in [-0.1, -0.05) is 20.8 Å². The van der Waals surface area contributed by atoms with Crippen molar-refractivity contribution in [3.05, 3.63) is 28.2 Å². The van der Waals surface area contributed by atoms with Gasteiger partial charge in [-0.3, -0.25) is 9.59 Å². The van der Waals surface area contributed by atoms with E-state index in [2.05, 4.69) is 31.2 Å². The third kappa shape index (κ3) is 2.57. The van der Waals surface area contributed by atoms with Gasteiger partial charge in [0.05, 0.1) is 13.2 Å². The molecule has 3 atom stereocenters. The Morgan fingerprint density at radius 3 is 2.75 bits per heavy atom. The van der Waals surface area contributed by atoms with E-state index in [1.165, 1.54) is 23.2 Å². The molecule has 0 aliphatic heterocycles. The molecule has 2 bridgehead atoms. The van der Waals surface area contributed by atoms with Crippen LogP contribution >= 0.6 is 0 Å². The lowest BCUT2D eigenvalue weighted by molar-refractivity contribution is 0.0818. The second-order valence-electron chi connectivity index (χ2n) is 7.91. The minimum Gasteiger partial charge on any atom is -0.383 e. The molecule has 2 aliphatic rings. The van der Waals surface area contributed by atoms with Gasteiger partial charge in [-0.15, -0.1) is 0 Å². The molecule has 132 valence electrons. The summed E-state index contributed by atoms with van der Waals surface area (Å²) < 4.78 is 6.26. The van der Waals surface area contributed by atoms with Crippen LogP contribution in [0.5, 0.6) is 0 Å². The highest BCUT2D eigenvalue weighted by atomic mass is 16.5. The monoisotopic (exact) mass is 333 g/mol. The van der Waals surface area contributed by atoms with Crippen LogP contribution in [0.25, 0.3) is 0 Å². The van der Waals surface area contributed by atoms with Crippen molar-refractivity contribution < 1.29 is 9.53 Å². The number of rotatable bonds is 5. The van der Waals surface area contributed by atoms with E-state index in [0.717, 1.165) is 12.8 Å². The van der Waals surface area contributed by atoms with E-state index >= 15 is 0 Å². The van der Waals surface area contributed by atoms with Gasteiger partial charge >= 0.3 is 0 Å². The van der Waals surface area contributed by atoms with E-state index in [1.54, 1.807) is 7.11 Å². The van der Waals surface area contributed by atoms with Gasteiger partial charge < -0.3 is 10.1 Å². The summed E-state index contributed by atoms with van der Waals surface area (Å²) in [5, 5.41) is 7.36. The number of amides is 1. The third-order valence-corrected chi connectivity index (χ3v) is 6.71. The Morgan fingerprint density at radius 1 is 1.42 bits per heavy atom. The predicted octanol–water partition coefficient (Wildman–Crippen LogP) is 1.83. The molecule has 1 heterocycles. The lowest BCUT2D eigenvalue weighted by atomic mass is 9.69. The van der Waals surface area contributed by atoms with Crippen LogP contribution in [0.1, 0.15) is 50.5 Å². The number of hydrogen-bond donors (Lipinski definition) is 1. The number of ether oxygens (including phenoxy) is 1. The van der Waals surface area contributed by atoms with Gasteiger partial charge in [0.1, 0.15) is 5.69 Å². The van der Waals surface area contributed by atoms with Crippen molar-refractivity contribution in [2.75, 3.05) is 13.7 Å². The van der Waals surface area contributed by atoms with Crippen molar-refractivity contribution >= 4 is 5.91 Å². The molecular formula is C18H27N3O3. The minimum absolute atomic E-state index is 0.123. The molecule has 2 saturated carbocycles. The van der Waals surface area contributed by atoms with Gasteiger partial charge in [-0.2, -0.15) is 5.10 Å². The first-order valence-corrected chi connectivity index (χ1v) is 8.67. The van der Waals surface area contributed by atoms with Gasteiger partial charge in [-0.25, -0.2) is 4.68 Å². The lowest BCUT2D eigenvalue weighted by Gasteiger charge is -2.39. The Morgan fingerprint density at radius 2 is 2.17 bits per heavy atom. The summed E-state index contributed by atoms with van der Waals surface area (Å²) in [5.74, 6) is 0.465. The van der Waals surface area contributed by atoms with E-state index in [0.29, 0.717) is 19.1 Å². The van der Waals surface area contributed by atoms with Crippen LogP contribution in [-0.4, -0.2) is 35.4 Å². The molecule has 6 nitrogen and oxygen atoms in total. The van der Waals surface area contributed by atoms with Gasteiger partial charge in [0.25, 0.3) is 11.5 Å². The normalized spacial score (nSPS) is 30.5. The van der Waals surface area contributed by atoms with Crippen molar-refractivity contribution in [2.45, 2.75) is 52.6 Å². The molecule has 2 aliphatic carbocycles. The standard InChI is InChI=1S/C18H27N3O3/c1-17(2)12-7-8-18(17,3)14(11-12)19-16(23)13-5-6-15(22)21(20-13)9-10-24-4/h5-6,12,14H,7-11H2,1-4H3,(H,19,23). The summed E-state index contributed by atoms with van der Waals surface area (Å²) in [6, 6.07) is 3.06. The van der Waals surface area contributed by atoms with Crippen molar-refractivity contribution in [1.82, 2.24) is 15.1 Å². The minimum atomic E-state index is -0.225. The number of methoxy groups -OCH3 is 1. The van der Waals surface area contributed by atoms with Crippen LogP contribution in [0.15, 0.2) is 16.9 Å². The molecule has 0 radical (unpaired) electrons. The van der Waals surface area contributed by atoms with Crippen molar-refractivity contribution in [1.29, 1.82) is 0 Å². The third-order valence-electron chi connectivity index (χ3n) is 6.71. The summed E-state index contributed by atoms with van der Waals surface area (Å²) in [7, 11) is 1.57. The van der Waals surface area contributed by atoms with Crippen LogP contribution in [0, 0.1) is 16.7 Å². The fourth-order valence-electron chi connectivity index (χ4n) is 4.56. The summed E-state index contributed by atoms with van der Waals surface area (Å²) in [5.41, 5.74) is 0.430.